The number of carboxylic acid groups (broad SMARTS) is 1. The number of rotatable bonds is 10. The third-order valence-corrected chi connectivity index (χ3v) is 5.47. The van der Waals surface area contributed by atoms with E-state index in [-0.39, 0.29) is 17.7 Å². The number of hydrogen-bond acceptors (Lipinski definition) is 9. The molecule has 1 atom stereocenters. The molecule has 1 aliphatic heterocycles. The van der Waals surface area contributed by atoms with Crippen molar-refractivity contribution in [1.82, 2.24) is 9.97 Å². The fourth-order valence-corrected chi connectivity index (χ4v) is 3.44. The minimum Gasteiger partial charge on any atom is -0.478 e. The van der Waals surface area contributed by atoms with Crippen molar-refractivity contribution in [3.8, 4) is 0 Å². The van der Waals surface area contributed by atoms with Crippen LogP contribution < -0.4 is 9.80 Å². The second kappa shape index (κ2) is 12.5. The topological polar surface area (TPSA) is 122 Å². The van der Waals surface area contributed by atoms with Crippen LogP contribution in [0.3, 0.4) is 0 Å². The van der Waals surface area contributed by atoms with Crippen molar-refractivity contribution in [2.45, 2.75) is 32.8 Å². The molecule has 0 unspecified atom stereocenters. The minimum absolute atomic E-state index is 0.147. The third kappa shape index (κ3) is 7.26. The maximum atomic E-state index is 12.4. The average molecular weight is 483 g/mol. The highest BCUT2D eigenvalue weighted by Gasteiger charge is 2.22. The summed E-state index contributed by atoms with van der Waals surface area (Å²) in [6.07, 6.45) is 7.41. The van der Waals surface area contributed by atoms with Crippen molar-refractivity contribution >= 4 is 29.5 Å². The number of ether oxygens (including phenoxy) is 2. The number of carboxylic acids is 1. The standard InChI is InChI=1S/C25H30N4O6/c1-3-4-5-6-15-34-24(32)18(2)35-25(33)20-8-10-22(27-17-20)29-13-11-28(12-14-29)21-9-7-19(16-26-21)23(30)31/h5-10,16-18H,3-4,11-15H2,1-2H3,(H,30,31)/t18-/m1/s1. The number of unbranched alkanes of at least 4 members (excludes halogenated alkanes) is 1. The van der Waals surface area contributed by atoms with E-state index in [0.717, 1.165) is 24.5 Å². The van der Waals surface area contributed by atoms with E-state index in [0.29, 0.717) is 26.2 Å². The zero-order chi connectivity index (χ0) is 25.2. The fourth-order valence-electron chi connectivity index (χ4n) is 3.44. The van der Waals surface area contributed by atoms with Gasteiger partial charge in [-0.25, -0.2) is 24.4 Å². The van der Waals surface area contributed by atoms with Crippen LogP contribution in [0, 0.1) is 0 Å². The summed E-state index contributed by atoms with van der Waals surface area (Å²) in [5.74, 6) is -0.798. The number of aromatic nitrogens is 2. The van der Waals surface area contributed by atoms with Crippen LogP contribution in [-0.2, 0) is 14.3 Å². The molecule has 10 nitrogen and oxygen atoms in total. The zero-order valence-corrected chi connectivity index (χ0v) is 19.9. The number of anilines is 2. The molecule has 0 saturated carbocycles. The van der Waals surface area contributed by atoms with Crippen LogP contribution >= 0.6 is 0 Å². The van der Waals surface area contributed by atoms with Crippen LogP contribution in [0.4, 0.5) is 11.6 Å². The number of nitrogens with zero attached hydrogens (tertiary/aromatic N) is 4. The van der Waals surface area contributed by atoms with Crippen LogP contribution in [0.5, 0.6) is 0 Å². The van der Waals surface area contributed by atoms with E-state index in [1.165, 1.54) is 19.3 Å². The van der Waals surface area contributed by atoms with Crippen LogP contribution in [0.2, 0.25) is 0 Å². The van der Waals surface area contributed by atoms with Crippen LogP contribution in [0.1, 0.15) is 47.4 Å². The van der Waals surface area contributed by atoms with Gasteiger partial charge in [-0.05, 0) is 37.6 Å². The molecule has 0 spiro atoms. The van der Waals surface area contributed by atoms with Crippen molar-refractivity contribution in [3.05, 3.63) is 59.9 Å². The van der Waals surface area contributed by atoms with Gasteiger partial charge in [-0.15, -0.1) is 0 Å². The fraction of sp³-hybridized carbons (Fsp3) is 0.400. The van der Waals surface area contributed by atoms with E-state index < -0.39 is 24.0 Å². The van der Waals surface area contributed by atoms with Crippen molar-refractivity contribution < 1.29 is 29.0 Å². The summed E-state index contributed by atoms with van der Waals surface area (Å²) < 4.78 is 10.3. The molecule has 1 N–H and O–H groups in total. The van der Waals surface area contributed by atoms with E-state index in [1.807, 2.05) is 6.08 Å². The molecule has 0 bridgehead atoms. The molecule has 10 heteroatoms. The molecule has 186 valence electrons. The molecular formula is C25H30N4O6. The molecule has 1 saturated heterocycles. The summed E-state index contributed by atoms with van der Waals surface area (Å²) >= 11 is 0. The predicted molar refractivity (Wildman–Crippen MR) is 130 cm³/mol. The van der Waals surface area contributed by atoms with Gasteiger partial charge < -0.3 is 24.4 Å². The van der Waals surface area contributed by atoms with Gasteiger partial charge in [-0.3, -0.25) is 0 Å². The molecule has 0 radical (unpaired) electrons. The van der Waals surface area contributed by atoms with E-state index in [4.69, 9.17) is 14.6 Å². The number of piperazine rings is 1. The highest BCUT2D eigenvalue weighted by atomic mass is 16.6. The molecule has 1 fully saturated rings. The number of carbonyl (C=O) groups is 3. The average Bonchev–Trinajstić information content (AvgIpc) is 2.88. The molecule has 2 aromatic rings. The summed E-state index contributed by atoms with van der Waals surface area (Å²) in [7, 11) is 0. The summed E-state index contributed by atoms with van der Waals surface area (Å²) in [6.45, 7) is 6.44. The van der Waals surface area contributed by atoms with Gasteiger partial charge >= 0.3 is 17.9 Å². The second-order valence-electron chi connectivity index (χ2n) is 8.03. The number of hydrogen-bond donors (Lipinski definition) is 1. The van der Waals surface area contributed by atoms with Gasteiger partial charge in [-0.1, -0.05) is 25.5 Å². The Labute approximate surface area is 204 Å². The molecule has 0 amide bonds. The first-order chi connectivity index (χ1) is 16.9. The number of pyridine rings is 2. The Morgan fingerprint density at radius 1 is 0.971 bits per heavy atom. The van der Waals surface area contributed by atoms with Gasteiger partial charge in [-0.2, -0.15) is 0 Å². The Hall–Kier alpha value is -3.95. The van der Waals surface area contributed by atoms with Gasteiger partial charge in [0, 0.05) is 38.6 Å². The number of carbonyl (C=O) groups excluding carboxylic acids is 2. The van der Waals surface area contributed by atoms with Gasteiger partial charge in [0.2, 0.25) is 0 Å². The molecular weight excluding hydrogens is 452 g/mol. The lowest BCUT2D eigenvalue weighted by atomic mass is 10.2. The highest BCUT2D eigenvalue weighted by molar-refractivity contribution is 5.91. The van der Waals surface area contributed by atoms with Crippen LogP contribution in [0.15, 0.2) is 48.8 Å². The van der Waals surface area contributed by atoms with Gasteiger partial charge in [0.25, 0.3) is 0 Å². The highest BCUT2D eigenvalue weighted by Crippen LogP contribution is 2.18. The quantitative estimate of drug-likeness (QED) is 0.399. The molecule has 35 heavy (non-hydrogen) atoms. The Balaban J connectivity index is 1.47. The largest absolute Gasteiger partial charge is 0.478 e. The van der Waals surface area contributed by atoms with E-state index in [1.54, 1.807) is 30.3 Å². The SMILES string of the molecule is CCCC=CCOC(=O)[C@@H](C)OC(=O)c1ccc(N2CCN(c3ccc(C(=O)O)cn3)CC2)nc1. The first-order valence-electron chi connectivity index (χ1n) is 11.6. The van der Waals surface area contributed by atoms with Gasteiger partial charge in [0.05, 0.1) is 11.1 Å². The predicted octanol–water partition coefficient (Wildman–Crippen LogP) is 2.95. The first kappa shape index (κ1) is 25.7. The summed E-state index contributed by atoms with van der Waals surface area (Å²) in [4.78, 5) is 48.1. The maximum absolute atomic E-state index is 12.4. The molecule has 1 aliphatic rings. The van der Waals surface area contributed by atoms with Crippen molar-refractivity contribution in [2.75, 3.05) is 42.6 Å². The van der Waals surface area contributed by atoms with Crippen molar-refractivity contribution in [1.29, 1.82) is 0 Å². The Morgan fingerprint density at radius 2 is 1.54 bits per heavy atom. The molecule has 0 aliphatic carbocycles. The van der Waals surface area contributed by atoms with Crippen molar-refractivity contribution in [3.63, 3.8) is 0 Å². The number of esters is 2. The smallest absolute Gasteiger partial charge is 0.347 e. The minimum atomic E-state index is -1.02. The Kier molecular flexibility index (Phi) is 9.16. The second-order valence-corrected chi connectivity index (χ2v) is 8.03. The van der Waals surface area contributed by atoms with Crippen LogP contribution in [0.25, 0.3) is 0 Å². The van der Waals surface area contributed by atoms with E-state index in [9.17, 15) is 14.4 Å². The first-order valence-corrected chi connectivity index (χ1v) is 11.6. The van der Waals surface area contributed by atoms with E-state index >= 15 is 0 Å². The zero-order valence-electron chi connectivity index (χ0n) is 19.9. The maximum Gasteiger partial charge on any atom is 0.347 e. The summed E-state index contributed by atoms with van der Waals surface area (Å²) in [5, 5.41) is 9.00. The molecule has 0 aromatic carbocycles. The lowest BCUT2D eigenvalue weighted by Crippen LogP contribution is -2.47. The van der Waals surface area contributed by atoms with Crippen LogP contribution in [-0.4, -0.2) is 71.9 Å². The summed E-state index contributed by atoms with van der Waals surface area (Å²) in [6, 6.07) is 6.61. The Bertz CT molecular complexity index is 1030. The Morgan fingerprint density at radius 3 is 2.03 bits per heavy atom. The normalized spacial score (nSPS) is 14.6. The van der Waals surface area contributed by atoms with Gasteiger partial charge in [0.15, 0.2) is 6.10 Å². The summed E-state index contributed by atoms with van der Waals surface area (Å²) in [5.41, 5.74) is 0.402. The molecule has 3 heterocycles. The number of allylic oxidation sites excluding steroid dienone is 1. The number of aromatic carboxylic acids is 1. The monoisotopic (exact) mass is 482 g/mol. The van der Waals surface area contributed by atoms with Gasteiger partial charge in [0.1, 0.15) is 18.2 Å². The molecule has 3 rings (SSSR count). The van der Waals surface area contributed by atoms with Crippen molar-refractivity contribution in [2.24, 2.45) is 0 Å². The van der Waals surface area contributed by atoms with E-state index in [2.05, 4.69) is 26.7 Å². The lowest BCUT2D eigenvalue weighted by Gasteiger charge is -2.36. The lowest BCUT2D eigenvalue weighted by molar-refractivity contribution is -0.151. The third-order valence-electron chi connectivity index (χ3n) is 5.47. The molecule has 2 aromatic heterocycles.